The van der Waals surface area contributed by atoms with E-state index in [9.17, 15) is 19.8 Å². The number of pyridine rings is 1. The number of anilines is 1. The maximum Gasteiger partial charge on any atom is 0.408 e. The van der Waals surface area contributed by atoms with Crippen molar-refractivity contribution in [1.82, 2.24) is 10.3 Å². The number of hydrogen-bond acceptors (Lipinski definition) is 6. The number of benzene rings is 1. The van der Waals surface area contributed by atoms with Crippen LogP contribution in [0.15, 0.2) is 48.7 Å². The van der Waals surface area contributed by atoms with Crippen LogP contribution in [-0.4, -0.2) is 46.4 Å². The first kappa shape index (κ1) is 19.6. The molecule has 0 aliphatic carbocycles. The van der Waals surface area contributed by atoms with Gasteiger partial charge in [0.2, 0.25) is 0 Å². The Morgan fingerprint density at radius 1 is 1.14 bits per heavy atom. The largest absolute Gasteiger partial charge is 0.480 e. The van der Waals surface area contributed by atoms with Gasteiger partial charge in [0.25, 0.3) is 0 Å². The van der Waals surface area contributed by atoms with Crippen LogP contribution in [0.25, 0.3) is 0 Å². The van der Waals surface area contributed by atoms with E-state index >= 15 is 0 Å². The minimum atomic E-state index is -1.55. The molecule has 1 amide bonds. The fraction of sp³-hybridized carbons (Fsp3) is 0.350. The molecule has 0 saturated carbocycles. The van der Waals surface area contributed by atoms with Crippen LogP contribution in [0.3, 0.4) is 0 Å². The van der Waals surface area contributed by atoms with Gasteiger partial charge in [-0.2, -0.15) is 0 Å². The number of aliphatic hydroxyl groups excluding tert-OH is 1. The van der Waals surface area contributed by atoms with Crippen molar-refractivity contribution in [3.8, 4) is 0 Å². The first-order valence-corrected chi connectivity index (χ1v) is 9.13. The Morgan fingerprint density at radius 2 is 1.86 bits per heavy atom. The average molecular weight is 385 g/mol. The highest BCUT2D eigenvalue weighted by molar-refractivity contribution is 5.80. The van der Waals surface area contributed by atoms with Crippen molar-refractivity contribution in [2.75, 3.05) is 18.0 Å². The lowest BCUT2D eigenvalue weighted by molar-refractivity contribution is -0.142. The number of amides is 1. The summed E-state index contributed by atoms with van der Waals surface area (Å²) in [5, 5.41) is 22.0. The lowest BCUT2D eigenvalue weighted by Gasteiger charge is -2.21. The topological polar surface area (TPSA) is 112 Å². The minimum absolute atomic E-state index is 0.00119. The van der Waals surface area contributed by atoms with Crippen LogP contribution in [0.5, 0.6) is 0 Å². The second-order valence-electron chi connectivity index (χ2n) is 6.61. The zero-order valence-electron chi connectivity index (χ0n) is 15.3. The smallest absolute Gasteiger partial charge is 0.408 e. The average Bonchev–Trinajstić information content (AvgIpc) is 3.25. The molecule has 1 aliphatic rings. The molecule has 2 aromatic rings. The molecule has 8 heteroatoms. The van der Waals surface area contributed by atoms with Gasteiger partial charge in [-0.15, -0.1) is 0 Å². The van der Waals surface area contributed by atoms with E-state index in [-0.39, 0.29) is 6.61 Å². The number of nitrogens with one attached hydrogen (secondary N) is 1. The van der Waals surface area contributed by atoms with Gasteiger partial charge in [0, 0.05) is 24.8 Å². The number of alkyl carbamates (subject to hydrolysis) is 1. The Balaban J connectivity index is 1.60. The molecular weight excluding hydrogens is 362 g/mol. The summed E-state index contributed by atoms with van der Waals surface area (Å²) >= 11 is 0. The van der Waals surface area contributed by atoms with E-state index in [2.05, 4.69) is 15.2 Å². The van der Waals surface area contributed by atoms with Crippen LogP contribution in [-0.2, 0) is 16.1 Å². The number of carboxylic acids is 1. The normalized spacial score (nSPS) is 15.7. The van der Waals surface area contributed by atoms with E-state index in [0.717, 1.165) is 37.3 Å². The number of carbonyl (C=O) groups excluding carboxylic acids is 1. The minimum Gasteiger partial charge on any atom is -0.480 e. The molecule has 3 rings (SSSR count). The highest BCUT2D eigenvalue weighted by Crippen LogP contribution is 2.22. The SMILES string of the molecule is O=C(NC(C(=O)O)C(O)c1ccc(N2CCCC2)nc1)OCc1ccccc1. The van der Waals surface area contributed by atoms with E-state index in [0.29, 0.717) is 5.56 Å². The molecule has 2 unspecified atom stereocenters. The number of ether oxygens (including phenoxy) is 1. The molecule has 0 bridgehead atoms. The number of aliphatic carboxylic acids is 1. The van der Waals surface area contributed by atoms with Gasteiger partial charge >= 0.3 is 12.1 Å². The fourth-order valence-corrected chi connectivity index (χ4v) is 3.07. The first-order chi connectivity index (χ1) is 13.5. The third-order valence-electron chi connectivity index (χ3n) is 4.61. The van der Waals surface area contributed by atoms with E-state index in [4.69, 9.17) is 4.74 Å². The predicted molar refractivity (Wildman–Crippen MR) is 102 cm³/mol. The van der Waals surface area contributed by atoms with Crippen LogP contribution in [0.1, 0.15) is 30.1 Å². The highest BCUT2D eigenvalue weighted by Gasteiger charge is 2.30. The molecular formula is C20H23N3O5. The molecule has 0 spiro atoms. The summed E-state index contributed by atoms with van der Waals surface area (Å²) in [6.07, 6.45) is 1.29. The Bertz CT molecular complexity index is 791. The van der Waals surface area contributed by atoms with Gasteiger partial charge in [-0.1, -0.05) is 36.4 Å². The van der Waals surface area contributed by atoms with E-state index in [1.54, 1.807) is 36.4 Å². The Hall–Kier alpha value is -3.13. The molecule has 1 aromatic heterocycles. The zero-order chi connectivity index (χ0) is 19.9. The standard InChI is InChI=1S/C20H23N3O5/c24-18(15-8-9-16(21-12-15)23-10-4-5-11-23)17(19(25)26)22-20(27)28-13-14-6-2-1-3-7-14/h1-3,6-9,12,17-18,24H,4-5,10-11,13H2,(H,22,27)(H,25,26). The van der Waals surface area contributed by atoms with Gasteiger partial charge in [0.15, 0.2) is 6.04 Å². The number of carboxylic acid groups (broad SMARTS) is 1. The van der Waals surface area contributed by atoms with E-state index < -0.39 is 24.2 Å². The summed E-state index contributed by atoms with van der Waals surface area (Å²) in [5.41, 5.74) is 1.07. The van der Waals surface area contributed by atoms with Crippen molar-refractivity contribution in [2.45, 2.75) is 31.6 Å². The quantitative estimate of drug-likeness (QED) is 0.669. The summed E-state index contributed by atoms with van der Waals surface area (Å²) in [4.78, 5) is 29.9. The summed E-state index contributed by atoms with van der Waals surface area (Å²) < 4.78 is 5.03. The van der Waals surface area contributed by atoms with E-state index in [1.165, 1.54) is 6.20 Å². The van der Waals surface area contributed by atoms with Crippen LogP contribution in [0.2, 0.25) is 0 Å². The Kier molecular flexibility index (Phi) is 6.44. The molecule has 2 atom stereocenters. The maximum absolute atomic E-state index is 12.0. The summed E-state index contributed by atoms with van der Waals surface area (Å²) in [7, 11) is 0. The van der Waals surface area contributed by atoms with Crippen molar-refractivity contribution in [1.29, 1.82) is 0 Å². The van der Waals surface area contributed by atoms with Gasteiger partial charge in [0.1, 0.15) is 18.5 Å². The zero-order valence-corrected chi connectivity index (χ0v) is 15.3. The van der Waals surface area contributed by atoms with Gasteiger partial charge in [-0.05, 0) is 24.5 Å². The maximum atomic E-state index is 12.0. The van der Waals surface area contributed by atoms with E-state index in [1.807, 2.05) is 6.07 Å². The van der Waals surface area contributed by atoms with Gasteiger partial charge in [-0.25, -0.2) is 14.6 Å². The second kappa shape index (κ2) is 9.18. The molecule has 148 valence electrons. The molecule has 0 radical (unpaired) electrons. The summed E-state index contributed by atoms with van der Waals surface area (Å²) in [6, 6.07) is 10.8. The van der Waals surface area contributed by atoms with Crippen molar-refractivity contribution < 1.29 is 24.5 Å². The number of rotatable bonds is 7. The molecule has 28 heavy (non-hydrogen) atoms. The number of aromatic nitrogens is 1. The molecule has 1 fully saturated rings. The van der Waals surface area contributed by atoms with Crippen LogP contribution >= 0.6 is 0 Å². The molecule has 8 nitrogen and oxygen atoms in total. The molecule has 2 heterocycles. The number of aliphatic hydroxyl groups is 1. The Morgan fingerprint density at radius 3 is 2.46 bits per heavy atom. The lowest BCUT2D eigenvalue weighted by Crippen LogP contribution is -2.45. The summed E-state index contributed by atoms with van der Waals surface area (Å²) in [6.45, 7) is 1.87. The van der Waals surface area contributed by atoms with Crippen molar-refractivity contribution in [3.05, 3.63) is 59.8 Å². The van der Waals surface area contributed by atoms with Crippen molar-refractivity contribution in [2.24, 2.45) is 0 Å². The molecule has 1 aromatic carbocycles. The molecule has 3 N–H and O–H groups in total. The number of nitrogens with zero attached hydrogens (tertiary/aromatic N) is 2. The van der Waals surface area contributed by atoms with Gasteiger partial charge in [-0.3, -0.25) is 0 Å². The fourth-order valence-electron chi connectivity index (χ4n) is 3.07. The lowest BCUT2D eigenvalue weighted by atomic mass is 10.0. The van der Waals surface area contributed by atoms with Crippen molar-refractivity contribution >= 4 is 17.9 Å². The molecule has 1 saturated heterocycles. The van der Waals surface area contributed by atoms with Crippen LogP contribution < -0.4 is 10.2 Å². The van der Waals surface area contributed by atoms with Crippen LogP contribution in [0.4, 0.5) is 10.6 Å². The van der Waals surface area contributed by atoms with Crippen LogP contribution in [0, 0.1) is 0 Å². The third kappa shape index (κ3) is 4.98. The van der Waals surface area contributed by atoms with Gasteiger partial charge < -0.3 is 25.2 Å². The highest BCUT2D eigenvalue weighted by atomic mass is 16.5. The van der Waals surface area contributed by atoms with Gasteiger partial charge in [0.05, 0.1) is 0 Å². The monoisotopic (exact) mass is 385 g/mol. The number of carbonyl (C=O) groups is 2. The number of hydrogen-bond donors (Lipinski definition) is 3. The first-order valence-electron chi connectivity index (χ1n) is 9.13. The third-order valence-corrected chi connectivity index (χ3v) is 4.61. The second-order valence-corrected chi connectivity index (χ2v) is 6.61. The molecule has 1 aliphatic heterocycles. The Labute approximate surface area is 162 Å². The summed E-state index contributed by atoms with van der Waals surface area (Å²) in [5.74, 6) is -0.580. The van der Waals surface area contributed by atoms with Crippen molar-refractivity contribution in [3.63, 3.8) is 0 Å². The predicted octanol–water partition coefficient (Wildman–Crippen LogP) is 2.09.